The first-order valence-electron chi connectivity index (χ1n) is 6.44. The Morgan fingerprint density at radius 3 is 2.67 bits per heavy atom. The Bertz CT molecular complexity index is 166. The van der Waals surface area contributed by atoms with Crippen molar-refractivity contribution >= 4 is 0 Å². The Kier molecular flexibility index (Phi) is 5.07. The van der Waals surface area contributed by atoms with Gasteiger partial charge >= 0.3 is 0 Å². The van der Waals surface area contributed by atoms with Crippen LogP contribution in [0.1, 0.15) is 53.4 Å². The smallest absolute Gasteiger partial charge is 0.00822 e. The second-order valence-electron chi connectivity index (χ2n) is 6.19. The van der Waals surface area contributed by atoms with Crippen LogP contribution in [0.4, 0.5) is 0 Å². The topological polar surface area (TPSA) is 24.1 Å². The van der Waals surface area contributed by atoms with Crippen LogP contribution in [0.3, 0.4) is 0 Å². The van der Waals surface area contributed by atoms with Gasteiger partial charge in [-0.2, -0.15) is 0 Å². The molecule has 1 rings (SSSR count). The van der Waals surface area contributed by atoms with Crippen LogP contribution < -0.4 is 10.6 Å². The second kappa shape index (κ2) is 5.86. The van der Waals surface area contributed by atoms with Gasteiger partial charge in [-0.3, -0.25) is 0 Å². The molecule has 0 bridgehead atoms. The summed E-state index contributed by atoms with van der Waals surface area (Å²) in [4.78, 5) is 0. The van der Waals surface area contributed by atoms with E-state index in [-0.39, 0.29) is 0 Å². The first-order chi connectivity index (χ1) is 6.97. The van der Waals surface area contributed by atoms with Crippen molar-refractivity contribution < 1.29 is 0 Å². The number of nitrogens with one attached hydrogen (secondary N) is 2. The lowest BCUT2D eigenvalue weighted by molar-refractivity contribution is 0.346. The lowest BCUT2D eigenvalue weighted by Gasteiger charge is -2.22. The molecule has 2 N–H and O–H groups in total. The molecule has 0 aromatic carbocycles. The van der Waals surface area contributed by atoms with Crippen LogP contribution in [-0.4, -0.2) is 25.2 Å². The molecule has 2 atom stereocenters. The van der Waals surface area contributed by atoms with Crippen LogP contribution in [0.2, 0.25) is 0 Å². The van der Waals surface area contributed by atoms with Gasteiger partial charge in [0.15, 0.2) is 0 Å². The van der Waals surface area contributed by atoms with Crippen molar-refractivity contribution in [1.29, 1.82) is 0 Å². The van der Waals surface area contributed by atoms with Crippen molar-refractivity contribution in [3.05, 3.63) is 0 Å². The maximum atomic E-state index is 3.63. The zero-order valence-electron chi connectivity index (χ0n) is 10.9. The monoisotopic (exact) mass is 212 g/mol. The van der Waals surface area contributed by atoms with Gasteiger partial charge in [0.05, 0.1) is 0 Å². The van der Waals surface area contributed by atoms with Gasteiger partial charge in [0.2, 0.25) is 0 Å². The van der Waals surface area contributed by atoms with E-state index in [9.17, 15) is 0 Å². The molecule has 0 radical (unpaired) electrons. The first-order valence-corrected chi connectivity index (χ1v) is 6.44. The average molecular weight is 212 g/mol. The lowest BCUT2D eigenvalue weighted by atomic mass is 9.92. The molecule has 0 aliphatic carbocycles. The summed E-state index contributed by atoms with van der Waals surface area (Å²) in [5.74, 6) is 0. The summed E-state index contributed by atoms with van der Waals surface area (Å²) >= 11 is 0. The van der Waals surface area contributed by atoms with Crippen LogP contribution in [-0.2, 0) is 0 Å². The van der Waals surface area contributed by atoms with E-state index in [2.05, 4.69) is 38.3 Å². The van der Waals surface area contributed by atoms with Crippen molar-refractivity contribution in [3.8, 4) is 0 Å². The molecular formula is C13H28N2. The summed E-state index contributed by atoms with van der Waals surface area (Å²) in [5, 5.41) is 7.18. The molecule has 15 heavy (non-hydrogen) atoms. The van der Waals surface area contributed by atoms with Gasteiger partial charge < -0.3 is 10.6 Å². The molecule has 2 nitrogen and oxygen atoms in total. The quantitative estimate of drug-likeness (QED) is 0.732. The van der Waals surface area contributed by atoms with Gasteiger partial charge in [0.25, 0.3) is 0 Å². The van der Waals surface area contributed by atoms with Crippen LogP contribution in [0, 0.1) is 5.41 Å². The molecular weight excluding hydrogens is 184 g/mol. The predicted molar refractivity (Wildman–Crippen MR) is 67.2 cm³/mol. The summed E-state index contributed by atoms with van der Waals surface area (Å²) in [6, 6.07) is 1.42. The van der Waals surface area contributed by atoms with Crippen molar-refractivity contribution in [2.45, 2.75) is 65.5 Å². The minimum absolute atomic E-state index is 0.457. The molecule has 1 aliphatic rings. The molecule has 0 spiro atoms. The fourth-order valence-corrected chi connectivity index (χ4v) is 2.16. The molecule has 1 aliphatic heterocycles. The molecule has 1 heterocycles. The fraction of sp³-hybridized carbons (Fsp3) is 1.00. The third kappa shape index (κ3) is 6.16. The Labute approximate surface area is 95.2 Å². The highest BCUT2D eigenvalue weighted by atomic mass is 15.0. The largest absolute Gasteiger partial charge is 0.314 e. The lowest BCUT2D eigenvalue weighted by Crippen LogP contribution is -2.35. The maximum absolute atomic E-state index is 3.63. The third-order valence-electron chi connectivity index (χ3n) is 3.17. The molecule has 1 fully saturated rings. The van der Waals surface area contributed by atoms with E-state index in [0.717, 1.165) is 12.6 Å². The van der Waals surface area contributed by atoms with Gasteiger partial charge in [-0.05, 0) is 51.1 Å². The Morgan fingerprint density at radius 1 is 1.40 bits per heavy atom. The van der Waals surface area contributed by atoms with E-state index in [4.69, 9.17) is 0 Å². The molecule has 2 unspecified atom stereocenters. The van der Waals surface area contributed by atoms with E-state index < -0.39 is 0 Å². The minimum atomic E-state index is 0.457. The zero-order chi connectivity index (χ0) is 11.3. The van der Waals surface area contributed by atoms with E-state index in [1.807, 2.05) is 0 Å². The minimum Gasteiger partial charge on any atom is -0.314 e. The van der Waals surface area contributed by atoms with Crippen LogP contribution in [0.5, 0.6) is 0 Å². The van der Waals surface area contributed by atoms with Gasteiger partial charge in [-0.15, -0.1) is 0 Å². The summed E-state index contributed by atoms with van der Waals surface area (Å²) in [6.07, 6.45) is 5.27. The first kappa shape index (κ1) is 13.0. The highest BCUT2D eigenvalue weighted by Crippen LogP contribution is 2.17. The maximum Gasteiger partial charge on any atom is 0.00822 e. The van der Waals surface area contributed by atoms with Crippen molar-refractivity contribution in [1.82, 2.24) is 10.6 Å². The summed E-state index contributed by atoms with van der Waals surface area (Å²) < 4.78 is 0. The van der Waals surface area contributed by atoms with Crippen molar-refractivity contribution in [2.24, 2.45) is 5.41 Å². The normalized spacial score (nSPS) is 24.4. The van der Waals surface area contributed by atoms with Crippen molar-refractivity contribution in [2.75, 3.05) is 13.1 Å². The Hall–Kier alpha value is -0.0800. The van der Waals surface area contributed by atoms with Crippen molar-refractivity contribution in [3.63, 3.8) is 0 Å². The van der Waals surface area contributed by atoms with Crippen LogP contribution in [0.15, 0.2) is 0 Å². The van der Waals surface area contributed by atoms with E-state index in [0.29, 0.717) is 11.5 Å². The molecule has 0 aromatic heterocycles. The molecule has 0 saturated carbocycles. The van der Waals surface area contributed by atoms with Crippen LogP contribution in [0.25, 0.3) is 0 Å². The summed E-state index contributed by atoms with van der Waals surface area (Å²) in [5.41, 5.74) is 0.457. The molecule has 0 aromatic rings. The van der Waals surface area contributed by atoms with Crippen LogP contribution >= 0.6 is 0 Å². The van der Waals surface area contributed by atoms with Gasteiger partial charge in [0, 0.05) is 12.1 Å². The number of hydrogen-bond acceptors (Lipinski definition) is 2. The SMILES string of the molecule is CC(CC1CCCN1)NCCC(C)(C)C. The third-order valence-corrected chi connectivity index (χ3v) is 3.17. The molecule has 1 saturated heterocycles. The van der Waals surface area contributed by atoms with E-state index >= 15 is 0 Å². The summed E-state index contributed by atoms with van der Waals surface area (Å²) in [7, 11) is 0. The molecule has 90 valence electrons. The van der Waals surface area contributed by atoms with Gasteiger partial charge in [-0.25, -0.2) is 0 Å². The van der Waals surface area contributed by atoms with E-state index in [1.54, 1.807) is 0 Å². The molecule has 0 amide bonds. The zero-order valence-corrected chi connectivity index (χ0v) is 10.9. The summed E-state index contributed by atoms with van der Waals surface area (Å²) in [6.45, 7) is 11.6. The van der Waals surface area contributed by atoms with E-state index in [1.165, 1.54) is 32.2 Å². The van der Waals surface area contributed by atoms with Gasteiger partial charge in [-0.1, -0.05) is 20.8 Å². The molecule has 2 heteroatoms. The Morgan fingerprint density at radius 2 is 2.13 bits per heavy atom. The average Bonchev–Trinajstić information content (AvgIpc) is 2.54. The Balaban J connectivity index is 2.05. The number of rotatable bonds is 5. The van der Waals surface area contributed by atoms with Gasteiger partial charge in [0.1, 0.15) is 0 Å². The number of hydrogen-bond donors (Lipinski definition) is 2. The highest BCUT2D eigenvalue weighted by Gasteiger charge is 2.17. The highest BCUT2D eigenvalue weighted by molar-refractivity contribution is 4.78. The standard InChI is InChI=1S/C13H28N2/c1-11(10-12-6-5-8-15-12)14-9-7-13(2,3)4/h11-12,14-15H,5-10H2,1-4H3. The second-order valence-corrected chi connectivity index (χ2v) is 6.19. The predicted octanol–water partition coefficient (Wildman–Crippen LogP) is 2.54. The fourth-order valence-electron chi connectivity index (χ4n) is 2.16.